The molecule has 0 unspecified atom stereocenters. The van der Waals surface area contributed by atoms with E-state index in [0.29, 0.717) is 46.3 Å². The molecule has 0 saturated heterocycles. The van der Waals surface area contributed by atoms with Gasteiger partial charge in [0.25, 0.3) is 0 Å². The zero-order valence-corrected chi connectivity index (χ0v) is 17.5. The molecule has 0 aliphatic heterocycles. The molecule has 0 aliphatic rings. The number of hydrogen-bond donors (Lipinski definition) is 0. The van der Waals surface area contributed by atoms with Crippen molar-refractivity contribution in [1.29, 1.82) is 0 Å². The predicted octanol–water partition coefficient (Wildman–Crippen LogP) is 9.59. The van der Waals surface area contributed by atoms with Gasteiger partial charge in [-0.2, -0.15) is 0 Å². The van der Waals surface area contributed by atoms with Crippen LogP contribution in [0.3, 0.4) is 0 Å². The van der Waals surface area contributed by atoms with Crippen molar-refractivity contribution in [1.82, 2.24) is 0 Å². The van der Waals surface area contributed by atoms with E-state index in [1.807, 2.05) is 6.07 Å². The van der Waals surface area contributed by atoms with E-state index in [4.69, 9.17) is 81.2 Å². The van der Waals surface area contributed by atoms with Gasteiger partial charge in [0.2, 0.25) is 0 Å². The first-order valence-electron chi connectivity index (χ1n) is 6.86. The van der Waals surface area contributed by atoms with Gasteiger partial charge < -0.3 is 0 Å². The lowest BCUT2D eigenvalue weighted by Gasteiger charge is -2.12. The minimum absolute atomic E-state index is 0.380. The maximum absolute atomic E-state index is 6.31. The van der Waals surface area contributed by atoms with Gasteiger partial charge in [0.05, 0.1) is 20.1 Å². The SMILES string of the molecule is Clc1cc(-c2cc(Cl)c(Cl)cc2Cl)cc(-c2cc(Cl)c(Cl)cc2Cl)c1. The quantitative estimate of drug-likeness (QED) is 0.327. The Bertz CT molecular complexity index is 904. The van der Waals surface area contributed by atoms with Gasteiger partial charge in [0.15, 0.2) is 0 Å². The maximum Gasteiger partial charge on any atom is 0.0607 e. The third kappa shape index (κ3) is 4.17. The van der Waals surface area contributed by atoms with Crippen molar-refractivity contribution < 1.29 is 0 Å². The van der Waals surface area contributed by atoms with Crippen LogP contribution in [0.25, 0.3) is 22.3 Å². The van der Waals surface area contributed by atoms with E-state index in [-0.39, 0.29) is 0 Å². The van der Waals surface area contributed by atoms with E-state index in [1.54, 1.807) is 36.4 Å². The zero-order chi connectivity index (χ0) is 18.3. The Labute approximate surface area is 180 Å². The van der Waals surface area contributed by atoms with Crippen molar-refractivity contribution in [3.05, 3.63) is 77.6 Å². The largest absolute Gasteiger partial charge is 0.0843 e. The smallest absolute Gasteiger partial charge is 0.0607 e. The first kappa shape index (κ1) is 19.5. The summed E-state index contributed by atoms with van der Waals surface area (Å²) in [6.07, 6.45) is 0. The fraction of sp³-hybridized carbons (Fsp3) is 0. The van der Waals surface area contributed by atoms with Gasteiger partial charge in [-0.3, -0.25) is 0 Å². The molecule has 128 valence electrons. The summed E-state index contributed by atoms with van der Waals surface area (Å²) in [5, 5.41) is 2.99. The molecule has 3 rings (SSSR count). The molecule has 0 aliphatic carbocycles. The van der Waals surface area contributed by atoms with Gasteiger partial charge in [0.1, 0.15) is 0 Å². The first-order chi connectivity index (χ1) is 11.8. The molecule has 3 aromatic carbocycles. The molecule has 0 saturated carbocycles. The number of halogens is 7. The molecule has 25 heavy (non-hydrogen) atoms. The first-order valence-corrected chi connectivity index (χ1v) is 9.51. The average Bonchev–Trinajstić information content (AvgIpc) is 2.53. The lowest BCUT2D eigenvalue weighted by Crippen LogP contribution is -1.86. The number of rotatable bonds is 2. The molecule has 0 nitrogen and oxygen atoms in total. The summed E-state index contributed by atoms with van der Waals surface area (Å²) >= 11 is 43.2. The summed E-state index contributed by atoms with van der Waals surface area (Å²) in [7, 11) is 0. The highest BCUT2D eigenvalue weighted by Crippen LogP contribution is 2.40. The summed E-state index contributed by atoms with van der Waals surface area (Å²) in [5.41, 5.74) is 2.95. The monoisotopic (exact) mass is 468 g/mol. The van der Waals surface area contributed by atoms with Gasteiger partial charge in [0, 0.05) is 26.2 Å². The number of benzene rings is 3. The Kier molecular flexibility index (Phi) is 6.02. The fourth-order valence-electron chi connectivity index (χ4n) is 2.39. The Morgan fingerprint density at radius 3 is 1.12 bits per heavy atom. The lowest BCUT2D eigenvalue weighted by atomic mass is 9.99. The summed E-state index contributed by atoms with van der Waals surface area (Å²) in [6.45, 7) is 0. The highest BCUT2D eigenvalue weighted by atomic mass is 35.5. The normalized spacial score (nSPS) is 11.0. The van der Waals surface area contributed by atoms with Gasteiger partial charge in [-0.05, 0) is 53.6 Å². The second-order valence-electron chi connectivity index (χ2n) is 5.22. The van der Waals surface area contributed by atoms with Crippen molar-refractivity contribution in [2.75, 3.05) is 0 Å². The van der Waals surface area contributed by atoms with Crippen LogP contribution in [0.1, 0.15) is 0 Å². The van der Waals surface area contributed by atoms with Crippen molar-refractivity contribution in [2.45, 2.75) is 0 Å². The van der Waals surface area contributed by atoms with Crippen LogP contribution in [-0.4, -0.2) is 0 Å². The van der Waals surface area contributed by atoms with Gasteiger partial charge in [-0.25, -0.2) is 0 Å². The molecular weight excluding hydrogens is 464 g/mol. The van der Waals surface area contributed by atoms with Crippen molar-refractivity contribution >= 4 is 81.2 Å². The van der Waals surface area contributed by atoms with Crippen LogP contribution < -0.4 is 0 Å². The Balaban J connectivity index is 2.21. The third-order valence-corrected chi connectivity index (χ3v) is 5.83. The highest BCUT2D eigenvalue weighted by molar-refractivity contribution is 6.45. The molecular formula is C18H7Cl7. The zero-order valence-electron chi connectivity index (χ0n) is 12.2. The fourth-order valence-corrected chi connectivity index (χ4v) is 3.94. The Morgan fingerprint density at radius 1 is 0.360 bits per heavy atom. The molecule has 0 fully saturated rings. The molecule has 0 spiro atoms. The summed E-state index contributed by atoms with van der Waals surface area (Å²) in [5.74, 6) is 0. The van der Waals surface area contributed by atoms with Gasteiger partial charge in [-0.1, -0.05) is 81.2 Å². The summed E-state index contributed by atoms with van der Waals surface area (Å²) in [4.78, 5) is 0. The molecule has 0 N–H and O–H groups in total. The maximum atomic E-state index is 6.31. The van der Waals surface area contributed by atoms with E-state index >= 15 is 0 Å². The van der Waals surface area contributed by atoms with E-state index in [9.17, 15) is 0 Å². The minimum Gasteiger partial charge on any atom is -0.0843 e. The van der Waals surface area contributed by atoms with Crippen LogP contribution in [0.4, 0.5) is 0 Å². The Hall–Kier alpha value is -0.310. The van der Waals surface area contributed by atoms with E-state index in [1.165, 1.54) is 0 Å². The second kappa shape index (κ2) is 7.74. The van der Waals surface area contributed by atoms with E-state index in [0.717, 1.165) is 11.1 Å². The van der Waals surface area contributed by atoms with Gasteiger partial charge in [-0.15, -0.1) is 0 Å². The molecule has 0 heterocycles. The van der Waals surface area contributed by atoms with Gasteiger partial charge >= 0.3 is 0 Å². The van der Waals surface area contributed by atoms with Crippen LogP contribution in [0.15, 0.2) is 42.5 Å². The van der Waals surface area contributed by atoms with Crippen LogP contribution in [0.5, 0.6) is 0 Å². The summed E-state index contributed by atoms with van der Waals surface area (Å²) < 4.78 is 0. The third-order valence-electron chi connectivity index (χ3n) is 3.54. The lowest BCUT2D eigenvalue weighted by molar-refractivity contribution is 1.58. The molecule has 7 heteroatoms. The minimum atomic E-state index is 0.380. The highest BCUT2D eigenvalue weighted by Gasteiger charge is 2.13. The predicted molar refractivity (Wildman–Crippen MR) is 112 cm³/mol. The van der Waals surface area contributed by atoms with E-state index < -0.39 is 0 Å². The molecule has 3 aromatic rings. The molecule has 0 bridgehead atoms. The number of hydrogen-bond acceptors (Lipinski definition) is 0. The molecule has 0 aromatic heterocycles. The van der Waals surface area contributed by atoms with Crippen molar-refractivity contribution in [3.63, 3.8) is 0 Å². The van der Waals surface area contributed by atoms with E-state index in [2.05, 4.69) is 0 Å². The molecule has 0 amide bonds. The van der Waals surface area contributed by atoms with Crippen LogP contribution in [0.2, 0.25) is 35.2 Å². The topological polar surface area (TPSA) is 0 Å². The van der Waals surface area contributed by atoms with Crippen molar-refractivity contribution in [2.24, 2.45) is 0 Å². The van der Waals surface area contributed by atoms with Crippen LogP contribution in [0, 0.1) is 0 Å². The van der Waals surface area contributed by atoms with Crippen LogP contribution in [-0.2, 0) is 0 Å². The summed E-state index contributed by atoms with van der Waals surface area (Å²) in [6, 6.07) is 12.0. The molecule has 0 radical (unpaired) electrons. The van der Waals surface area contributed by atoms with Crippen molar-refractivity contribution in [3.8, 4) is 22.3 Å². The van der Waals surface area contributed by atoms with Crippen LogP contribution >= 0.6 is 81.2 Å². The Morgan fingerprint density at radius 2 is 0.720 bits per heavy atom. The standard InChI is InChI=1S/C18H7Cl7/c19-10-2-8(11-4-15(22)17(24)6-13(11)20)1-9(3-10)12-5-16(23)18(25)7-14(12)21/h1-7H. The molecule has 0 atom stereocenters. The average molecular weight is 471 g/mol. The second-order valence-corrected chi connectivity index (χ2v) is 8.10.